The first-order valence-electron chi connectivity index (χ1n) is 9.58. The monoisotopic (exact) mass is 389 g/mol. The minimum absolute atomic E-state index is 0.193. The first-order valence-corrected chi connectivity index (χ1v) is 9.58. The number of nitrogens with one attached hydrogen (secondary N) is 1. The first kappa shape index (κ1) is 19.8. The summed E-state index contributed by atoms with van der Waals surface area (Å²) < 4.78 is 9.97. The second-order valence-corrected chi connectivity index (χ2v) is 6.74. The van der Waals surface area contributed by atoms with Crippen LogP contribution in [0.2, 0.25) is 0 Å². The lowest BCUT2D eigenvalue weighted by molar-refractivity contribution is 0.0963. The summed E-state index contributed by atoms with van der Waals surface area (Å²) in [5.74, 6) is 0.391. The van der Waals surface area contributed by atoms with Crippen LogP contribution >= 0.6 is 0 Å². The van der Waals surface area contributed by atoms with E-state index in [4.69, 9.17) is 15.2 Å². The van der Waals surface area contributed by atoms with Crippen LogP contribution < -0.4 is 16.0 Å². The lowest BCUT2D eigenvalue weighted by atomic mass is 10.1. The van der Waals surface area contributed by atoms with Crippen molar-refractivity contribution in [3.05, 3.63) is 29.8 Å². The fraction of sp³-hybridized carbons (Fsp3) is 0.526. The topological polar surface area (TPSA) is 109 Å². The molecular formula is C19H27N5O4. The number of anilines is 1. The zero-order chi connectivity index (χ0) is 19.9. The highest BCUT2D eigenvalue weighted by atomic mass is 16.6. The van der Waals surface area contributed by atoms with E-state index in [0.29, 0.717) is 45.4 Å². The Hall–Kier alpha value is -2.97. The van der Waals surface area contributed by atoms with E-state index in [-0.39, 0.29) is 18.2 Å². The van der Waals surface area contributed by atoms with Crippen LogP contribution in [0.25, 0.3) is 0 Å². The van der Waals surface area contributed by atoms with Gasteiger partial charge >= 0.3 is 12.2 Å². The highest BCUT2D eigenvalue weighted by molar-refractivity contribution is 5.89. The maximum Gasteiger partial charge on any atom is 0.414 e. The van der Waals surface area contributed by atoms with E-state index in [2.05, 4.69) is 10.3 Å². The number of nitrogens with zero attached hydrogens (tertiary/aromatic N) is 3. The maximum absolute atomic E-state index is 11.7. The third kappa shape index (κ3) is 5.05. The molecule has 0 unspecified atom stereocenters. The number of rotatable bonds is 5. The molecule has 0 aliphatic carbocycles. The summed E-state index contributed by atoms with van der Waals surface area (Å²) >= 11 is 0. The fourth-order valence-corrected chi connectivity index (χ4v) is 3.26. The molecule has 0 spiro atoms. The number of benzene rings is 1. The minimum Gasteiger partial charge on any atom is -0.450 e. The Labute approximate surface area is 164 Å². The van der Waals surface area contributed by atoms with Crippen molar-refractivity contribution in [1.29, 1.82) is 0 Å². The van der Waals surface area contributed by atoms with Crippen LogP contribution in [0.5, 0.6) is 0 Å². The number of nitrogens with two attached hydrogens (primary N) is 1. The number of cyclic esters (lactones) is 1. The van der Waals surface area contributed by atoms with Crippen LogP contribution in [0.4, 0.5) is 15.3 Å². The number of carbonyl (C=O) groups excluding carboxylic acids is 2. The van der Waals surface area contributed by atoms with Gasteiger partial charge in [0.1, 0.15) is 6.61 Å². The molecule has 1 aromatic rings. The van der Waals surface area contributed by atoms with Crippen molar-refractivity contribution in [1.82, 2.24) is 10.2 Å². The molecule has 28 heavy (non-hydrogen) atoms. The molecule has 0 bridgehead atoms. The molecule has 2 fully saturated rings. The van der Waals surface area contributed by atoms with E-state index in [0.717, 1.165) is 24.1 Å². The quantitative estimate of drug-likeness (QED) is 0.586. The molecule has 9 nitrogen and oxygen atoms in total. The maximum atomic E-state index is 11.7. The SMILES string of the molecule is CCOC(=O)N1CCC(NC(N)=NCc2ccc(N3CCOC3=O)cc2)CC1. The standard InChI is InChI=1S/C19H27N5O4/c1-2-27-18(25)23-9-7-15(8-10-23)22-17(20)21-13-14-3-5-16(6-4-14)24-11-12-28-19(24)26/h3-6,15H,2,7-13H2,1H3,(H3,20,21,22). The van der Waals surface area contributed by atoms with Crippen LogP contribution in [-0.2, 0) is 16.0 Å². The van der Waals surface area contributed by atoms with Crippen molar-refractivity contribution in [3.63, 3.8) is 0 Å². The van der Waals surface area contributed by atoms with Gasteiger partial charge in [-0.1, -0.05) is 12.1 Å². The highest BCUT2D eigenvalue weighted by Crippen LogP contribution is 2.19. The third-order valence-electron chi connectivity index (χ3n) is 4.81. The van der Waals surface area contributed by atoms with E-state index in [1.54, 1.807) is 16.7 Å². The summed E-state index contributed by atoms with van der Waals surface area (Å²) in [6, 6.07) is 7.81. The predicted octanol–water partition coefficient (Wildman–Crippen LogP) is 1.67. The molecule has 3 rings (SSSR count). The van der Waals surface area contributed by atoms with Crippen LogP contribution in [0.3, 0.4) is 0 Å². The van der Waals surface area contributed by atoms with Gasteiger partial charge in [0.2, 0.25) is 0 Å². The molecule has 2 aliphatic heterocycles. The Morgan fingerprint density at radius 2 is 2.00 bits per heavy atom. The largest absolute Gasteiger partial charge is 0.450 e. The molecule has 1 aromatic carbocycles. The molecule has 0 radical (unpaired) electrons. The van der Waals surface area contributed by atoms with Gasteiger partial charge in [0, 0.05) is 24.8 Å². The van der Waals surface area contributed by atoms with Crippen LogP contribution in [0, 0.1) is 0 Å². The predicted molar refractivity (Wildman–Crippen MR) is 105 cm³/mol. The average molecular weight is 389 g/mol. The van der Waals surface area contributed by atoms with Crippen LogP contribution in [-0.4, -0.2) is 61.9 Å². The number of piperidine rings is 1. The van der Waals surface area contributed by atoms with E-state index in [1.165, 1.54) is 0 Å². The van der Waals surface area contributed by atoms with Gasteiger partial charge in [-0.15, -0.1) is 0 Å². The Bertz CT molecular complexity index is 714. The number of guanidine groups is 1. The number of carbonyl (C=O) groups is 2. The molecular weight excluding hydrogens is 362 g/mol. The zero-order valence-electron chi connectivity index (χ0n) is 16.1. The number of hydrogen-bond donors (Lipinski definition) is 2. The molecule has 2 amide bonds. The lowest BCUT2D eigenvalue weighted by Crippen LogP contribution is -2.48. The van der Waals surface area contributed by atoms with E-state index >= 15 is 0 Å². The average Bonchev–Trinajstić information content (AvgIpc) is 3.13. The minimum atomic E-state index is -0.312. The van der Waals surface area contributed by atoms with Crippen molar-refractivity contribution >= 4 is 23.8 Å². The summed E-state index contributed by atoms with van der Waals surface area (Å²) in [6.07, 6.45) is 1.03. The molecule has 2 heterocycles. The van der Waals surface area contributed by atoms with Gasteiger partial charge in [-0.25, -0.2) is 14.6 Å². The smallest absolute Gasteiger partial charge is 0.414 e. The summed E-state index contributed by atoms with van der Waals surface area (Å²) in [5, 5.41) is 3.22. The summed E-state index contributed by atoms with van der Waals surface area (Å²) in [5.41, 5.74) is 7.82. The number of amides is 2. The van der Waals surface area contributed by atoms with Crippen molar-refractivity contribution < 1.29 is 19.1 Å². The highest BCUT2D eigenvalue weighted by Gasteiger charge is 2.24. The van der Waals surface area contributed by atoms with Crippen molar-refractivity contribution in [2.45, 2.75) is 32.4 Å². The summed E-state index contributed by atoms with van der Waals surface area (Å²) in [7, 11) is 0. The second kappa shape index (κ2) is 9.29. The number of aliphatic imine (C=N–C) groups is 1. The molecule has 0 atom stereocenters. The van der Waals surface area contributed by atoms with Gasteiger partial charge < -0.3 is 25.4 Å². The number of ether oxygens (including phenoxy) is 2. The Kier molecular flexibility index (Phi) is 6.57. The van der Waals surface area contributed by atoms with Crippen LogP contribution in [0.15, 0.2) is 29.3 Å². The van der Waals surface area contributed by atoms with Gasteiger partial charge in [-0.3, -0.25) is 4.90 Å². The van der Waals surface area contributed by atoms with Gasteiger partial charge in [-0.05, 0) is 37.5 Å². The number of likely N-dealkylation sites (tertiary alicyclic amines) is 1. The molecule has 3 N–H and O–H groups in total. The summed E-state index contributed by atoms with van der Waals surface area (Å²) in [6.45, 7) is 4.92. The molecule has 9 heteroatoms. The Morgan fingerprint density at radius 1 is 1.29 bits per heavy atom. The van der Waals surface area contributed by atoms with E-state index < -0.39 is 0 Å². The van der Waals surface area contributed by atoms with Gasteiger partial charge in [-0.2, -0.15) is 0 Å². The summed E-state index contributed by atoms with van der Waals surface area (Å²) in [4.78, 5) is 31.0. The van der Waals surface area contributed by atoms with E-state index in [9.17, 15) is 9.59 Å². The van der Waals surface area contributed by atoms with Gasteiger partial charge in [0.05, 0.1) is 19.7 Å². The fourth-order valence-electron chi connectivity index (χ4n) is 3.26. The van der Waals surface area contributed by atoms with Crippen molar-refractivity contribution in [2.24, 2.45) is 10.7 Å². The Morgan fingerprint density at radius 3 is 2.61 bits per heavy atom. The lowest BCUT2D eigenvalue weighted by Gasteiger charge is -2.31. The second-order valence-electron chi connectivity index (χ2n) is 6.74. The Balaban J connectivity index is 1.44. The van der Waals surface area contributed by atoms with Gasteiger partial charge in [0.15, 0.2) is 5.96 Å². The van der Waals surface area contributed by atoms with Gasteiger partial charge in [0.25, 0.3) is 0 Å². The first-order chi connectivity index (χ1) is 13.6. The molecule has 0 aromatic heterocycles. The van der Waals surface area contributed by atoms with E-state index in [1.807, 2.05) is 24.3 Å². The molecule has 2 aliphatic rings. The van der Waals surface area contributed by atoms with Crippen LogP contribution in [0.1, 0.15) is 25.3 Å². The molecule has 0 saturated carbocycles. The van der Waals surface area contributed by atoms with Crippen molar-refractivity contribution in [2.75, 3.05) is 37.7 Å². The van der Waals surface area contributed by atoms with Crippen molar-refractivity contribution in [3.8, 4) is 0 Å². The molecule has 152 valence electrons. The normalized spacial score (nSPS) is 18.2. The number of hydrogen-bond acceptors (Lipinski definition) is 5. The zero-order valence-corrected chi connectivity index (χ0v) is 16.1. The third-order valence-corrected chi connectivity index (χ3v) is 4.81. The molecule has 2 saturated heterocycles.